The van der Waals surface area contributed by atoms with Crippen LogP contribution in [-0.2, 0) is 11.2 Å². The SMILES string of the molecule is O=C(CC1OCCc2ccccc21)c1cnccn1. The number of benzene rings is 1. The number of ether oxygens (including phenoxy) is 1. The highest BCUT2D eigenvalue weighted by Gasteiger charge is 2.24. The fraction of sp³-hybridized carbons (Fsp3) is 0.267. The Balaban J connectivity index is 1.80. The second kappa shape index (κ2) is 5.28. The Kier molecular flexibility index (Phi) is 3.33. The number of hydrogen-bond donors (Lipinski definition) is 0. The number of Topliss-reactive ketones (excluding diaryl/α,β-unsaturated/α-hetero) is 1. The van der Waals surface area contributed by atoms with Gasteiger partial charge in [-0.25, -0.2) is 4.98 Å². The molecule has 0 bridgehead atoms. The van der Waals surface area contributed by atoms with Crippen molar-refractivity contribution in [2.45, 2.75) is 18.9 Å². The predicted octanol–water partition coefficient (Wildman–Crippen LogP) is 2.36. The Bertz CT molecular complexity index is 584. The molecule has 2 heterocycles. The predicted molar refractivity (Wildman–Crippen MR) is 69.8 cm³/mol. The first-order valence-electron chi connectivity index (χ1n) is 6.33. The van der Waals surface area contributed by atoms with Crippen molar-refractivity contribution in [2.75, 3.05) is 6.61 Å². The third-order valence-corrected chi connectivity index (χ3v) is 3.31. The summed E-state index contributed by atoms with van der Waals surface area (Å²) in [6, 6.07) is 8.12. The molecule has 4 nitrogen and oxygen atoms in total. The summed E-state index contributed by atoms with van der Waals surface area (Å²) in [5, 5.41) is 0. The van der Waals surface area contributed by atoms with Crippen LogP contribution in [0.15, 0.2) is 42.9 Å². The van der Waals surface area contributed by atoms with Gasteiger partial charge in [0.1, 0.15) is 5.69 Å². The van der Waals surface area contributed by atoms with E-state index in [1.54, 1.807) is 6.20 Å². The first-order chi connectivity index (χ1) is 9.34. The average Bonchev–Trinajstić information content (AvgIpc) is 2.48. The zero-order valence-corrected chi connectivity index (χ0v) is 10.5. The first-order valence-corrected chi connectivity index (χ1v) is 6.33. The van der Waals surface area contributed by atoms with Crippen LogP contribution in [0.4, 0.5) is 0 Å². The Labute approximate surface area is 111 Å². The standard InChI is InChI=1S/C15H14N2O2/c18-14(13-10-16-6-7-17-13)9-15-12-4-2-1-3-11(12)5-8-19-15/h1-4,6-7,10,15H,5,8-9H2. The minimum atomic E-state index is -0.167. The van der Waals surface area contributed by atoms with E-state index in [9.17, 15) is 4.79 Å². The van der Waals surface area contributed by atoms with Gasteiger partial charge in [-0.3, -0.25) is 9.78 Å². The molecule has 0 amide bonds. The van der Waals surface area contributed by atoms with Crippen LogP contribution in [0.25, 0.3) is 0 Å². The van der Waals surface area contributed by atoms with Crippen LogP contribution in [-0.4, -0.2) is 22.4 Å². The lowest BCUT2D eigenvalue weighted by molar-refractivity contribution is 0.0350. The maximum absolute atomic E-state index is 12.1. The minimum Gasteiger partial charge on any atom is -0.373 e. The highest BCUT2D eigenvalue weighted by atomic mass is 16.5. The number of fused-ring (bicyclic) bond motifs is 1. The van der Waals surface area contributed by atoms with E-state index in [-0.39, 0.29) is 11.9 Å². The number of carbonyl (C=O) groups is 1. The molecule has 0 aliphatic carbocycles. The van der Waals surface area contributed by atoms with E-state index >= 15 is 0 Å². The van der Waals surface area contributed by atoms with Gasteiger partial charge in [0.15, 0.2) is 5.78 Å². The van der Waals surface area contributed by atoms with Gasteiger partial charge in [0.2, 0.25) is 0 Å². The van der Waals surface area contributed by atoms with E-state index in [0.717, 1.165) is 12.0 Å². The van der Waals surface area contributed by atoms with Crippen LogP contribution in [0, 0.1) is 0 Å². The molecule has 96 valence electrons. The summed E-state index contributed by atoms with van der Waals surface area (Å²) in [5.74, 6) is -0.0326. The molecule has 0 saturated heterocycles. The normalized spacial score (nSPS) is 17.8. The van der Waals surface area contributed by atoms with Gasteiger partial charge in [-0.05, 0) is 17.5 Å². The quantitative estimate of drug-likeness (QED) is 0.789. The number of rotatable bonds is 3. The van der Waals surface area contributed by atoms with E-state index in [1.165, 1.54) is 18.0 Å². The van der Waals surface area contributed by atoms with Crippen molar-refractivity contribution in [2.24, 2.45) is 0 Å². The van der Waals surface area contributed by atoms with Crippen molar-refractivity contribution in [3.8, 4) is 0 Å². The molecule has 1 aliphatic rings. The molecular formula is C15H14N2O2. The molecular weight excluding hydrogens is 240 g/mol. The monoisotopic (exact) mass is 254 g/mol. The molecule has 4 heteroatoms. The molecule has 1 unspecified atom stereocenters. The Morgan fingerprint density at radius 3 is 3.05 bits per heavy atom. The second-order valence-corrected chi connectivity index (χ2v) is 4.53. The van der Waals surface area contributed by atoms with Gasteiger partial charge in [-0.15, -0.1) is 0 Å². The summed E-state index contributed by atoms with van der Waals surface area (Å²) < 4.78 is 5.73. The summed E-state index contributed by atoms with van der Waals surface area (Å²) in [7, 11) is 0. The molecule has 0 fully saturated rings. The lowest BCUT2D eigenvalue weighted by Crippen LogP contribution is -2.19. The van der Waals surface area contributed by atoms with Crippen molar-refractivity contribution < 1.29 is 9.53 Å². The summed E-state index contributed by atoms with van der Waals surface area (Å²) >= 11 is 0. The molecule has 19 heavy (non-hydrogen) atoms. The summed E-state index contributed by atoms with van der Waals surface area (Å²) in [4.78, 5) is 20.1. The highest BCUT2D eigenvalue weighted by Crippen LogP contribution is 2.30. The molecule has 0 saturated carbocycles. The Morgan fingerprint density at radius 2 is 2.21 bits per heavy atom. The zero-order valence-electron chi connectivity index (χ0n) is 10.5. The van der Waals surface area contributed by atoms with Gasteiger partial charge in [0.25, 0.3) is 0 Å². The highest BCUT2D eigenvalue weighted by molar-refractivity contribution is 5.94. The van der Waals surface area contributed by atoms with Crippen molar-refractivity contribution in [1.82, 2.24) is 9.97 Å². The smallest absolute Gasteiger partial charge is 0.185 e. The summed E-state index contributed by atoms with van der Waals surface area (Å²) in [6.45, 7) is 0.662. The Hall–Kier alpha value is -2.07. The largest absolute Gasteiger partial charge is 0.373 e. The average molecular weight is 254 g/mol. The molecule has 3 rings (SSSR count). The molecule has 0 spiro atoms. The lowest BCUT2D eigenvalue weighted by Gasteiger charge is -2.25. The molecule has 1 aliphatic heterocycles. The summed E-state index contributed by atoms with van der Waals surface area (Å²) in [5.41, 5.74) is 2.78. The van der Waals surface area contributed by atoms with E-state index in [2.05, 4.69) is 16.0 Å². The fourth-order valence-electron chi connectivity index (χ4n) is 2.36. The van der Waals surface area contributed by atoms with E-state index < -0.39 is 0 Å². The molecule has 1 atom stereocenters. The van der Waals surface area contributed by atoms with Crippen molar-refractivity contribution >= 4 is 5.78 Å². The summed E-state index contributed by atoms with van der Waals surface area (Å²) in [6.07, 6.45) is 5.64. The molecule has 2 aromatic rings. The lowest BCUT2D eigenvalue weighted by atomic mass is 9.94. The van der Waals surface area contributed by atoms with Crippen LogP contribution in [0.3, 0.4) is 0 Å². The van der Waals surface area contributed by atoms with Gasteiger partial charge < -0.3 is 4.74 Å². The van der Waals surface area contributed by atoms with Crippen LogP contribution in [0.5, 0.6) is 0 Å². The second-order valence-electron chi connectivity index (χ2n) is 4.53. The van der Waals surface area contributed by atoms with Gasteiger partial charge in [0, 0.05) is 18.8 Å². The Morgan fingerprint density at radius 1 is 1.32 bits per heavy atom. The van der Waals surface area contributed by atoms with Crippen molar-refractivity contribution in [3.05, 3.63) is 59.7 Å². The number of nitrogens with zero attached hydrogens (tertiary/aromatic N) is 2. The topological polar surface area (TPSA) is 52.1 Å². The van der Waals surface area contributed by atoms with Gasteiger partial charge >= 0.3 is 0 Å². The number of ketones is 1. The maximum atomic E-state index is 12.1. The number of carbonyl (C=O) groups excluding carboxylic acids is 1. The molecule has 1 aromatic carbocycles. The fourth-order valence-corrected chi connectivity index (χ4v) is 2.36. The van der Waals surface area contributed by atoms with Gasteiger partial charge in [-0.2, -0.15) is 0 Å². The molecule has 0 N–H and O–H groups in total. The van der Waals surface area contributed by atoms with E-state index in [0.29, 0.717) is 18.7 Å². The minimum absolute atomic E-state index is 0.0326. The third kappa shape index (κ3) is 2.53. The van der Waals surface area contributed by atoms with Gasteiger partial charge in [0.05, 0.1) is 18.9 Å². The number of hydrogen-bond acceptors (Lipinski definition) is 4. The van der Waals surface area contributed by atoms with Crippen LogP contribution >= 0.6 is 0 Å². The van der Waals surface area contributed by atoms with Crippen molar-refractivity contribution in [1.29, 1.82) is 0 Å². The molecule has 1 aromatic heterocycles. The van der Waals surface area contributed by atoms with Crippen molar-refractivity contribution in [3.63, 3.8) is 0 Å². The first kappa shape index (κ1) is 12.0. The third-order valence-electron chi connectivity index (χ3n) is 3.31. The maximum Gasteiger partial charge on any atom is 0.185 e. The van der Waals surface area contributed by atoms with Gasteiger partial charge in [-0.1, -0.05) is 24.3 Å². The number of aromatic nitrogens is 2. The van der Waals surface area contributed by atoms with Crippen LogP contribution in [0.1, 0.15) is 34.1 Å². The zero-order chi connectivity index (χ0) is 13.1. The molecule has 0 radical (unpaired) electrons. The van der Waals surface area contributed by atoms with Crippen LogP contribution < -0.4 is 0 Å². The van der Waals surface area contributed by atoms with E-state index in [4.69, 9.17) is 4.74 Å². The van der Waals surface area contributed by atoms with Crippen LogP contribution in [0.2, 0.25) is 0 Å². The van der Waals surface area contributed by atoms with E-state index in [1.807, 2.05) is 18.2 Å².